The predicted octanol–water partition coefficient (Wildman–Crippen LogP) is 1.53. The largest absolute Gasteiger partial charge is 0.380 e. The van der Waals surface area contributed by atoms with Crippen LogP contribution in [0.25, 0.3) is 0 Å². The maximum atomic E-state index is 11.9. The fraction of sp³-hybridized carbons (Fsp3) is 0.923. The number of thioether (sulfide) groups is 1. The van der Waals surface area contributed by atoms with Gasteiger partial charge in [-0.3, -0.25) is 4.79 Å². The van der Waals surface area contributed by atoms with Crippen LogP contribution in [0.3, 0.4) is 0 Å². The second kappa shape index (κ2) is 8.77. The van der Waals surface area contributed by atoms with E-state index in [4.69, 9.17) is 10.5 Å². The lowest BCUT2D eigenvalue weighted by atomic mass is 9.95. The molecule has 1 aliphatic rings. The first-order chi connectivity index (χ1) is 8.69. The Hall–Kier alpha value is -0.260. The Morgan fingerprint density at radius 1 is 1.56 bits per heavy atom. The minimum atomic E-state index is -0.158. The van der Waals surface area contributed by atoms with Crippen molar-refractivity contribution in [2.75, 3.05) is 19.4 Å². The number of hydrogen-bond donors (Lipinski definition) is 2. The van der Waals surface area contributed by atoms with Crippen LogP contribution in [0.4, 0.5) is 0 Å². The van der Waals surface area contributed by atoms with Crippen molar-refractivity contribution >= 4 is 17.7 Å². The summed E-state index contributed by atoms with van der Waals surface area (Å²) in [6, 6.07) is 0.339. The summed E-state index contributed by atoms with van der Waals surface area (Å²) < 4.78 is 5.13. The maximum Gasteiger partial charge on any atom is 0.222 e. The number of amides is 1. The molecule has 0 bridgehead atoms. The molecular weight excluding hydrogens is 248 g/mol. The van der Waals surface area contributed by atoms with E-state index in [-0.39, 0.29) is 12.0 Å². The lowest BCUT2D eigenvalue weighted by Crippen LogP contribution is -2.41. The normalized spacial score (nSPS) is 25.7. The van der Waals surface area contributed by atoms with Gasteiger partial charge in [-0.1, -0.05) is 13.3 Å². The summed E-state index contributed by atoms with van der Waals surface area (Å²) in [5.41, 5.74) is 5.52. The molecule has 3 N–H and O–H groups in total. The van der Waals surface area contributed by atoms with Crippen molar-refractivity contribution in [3.63, 3.8) is 0 Å². The minimum absolute atomic E-state index is 0.0689. The minimum Gasteiger partial charge on any atom is -0.380 e. The van der Waals surface area contributed by atoms with Crippen LogP contribution in [0.15, 0.2) is 0 Å². The van der Waals surface area contributed by atoms with Gasteiger partial charge in [-0.25, -0.2) is 0 Å². The van der Waals surface area contributed by atoms with Gasteiger partial charge in [-0.05, 0) is 25.0 Å². The number of carbonyl (C=O) groups excluding carboxylic acids is 1. The molecule has 1 aliphatic carbocycles. The fourth-order valence-corrected chi connectivity index (χ4v) is 3.59. The average molecular weight is 274 g/mol. The van der Waals surface area contributed by atoms with E-state index >= 15 is 0 Å². The SMILES string of the molecule is CCSC1CCCC(NC(=O)CC(CN)OC)C1. The van der Waals surface area contributed by atoms with Crippen molar-refractivity contribution in [1.82, 2.24) is 5.32 Å². The number of ether oxygens (including phenoxy) is 1. The van der Waals surface area contributed by atoms with Crippen molar-refractivity contribution < 1.29 is 9.53 Å². The monoisotopic (exact) mass is 274 g/mol. The van der Waals surface area contributed by atoms with Gasteiger partial charge in [0.15, 0.2) is 0 Å². The summed E-state index contributed by atoms with van der Waals surface area (Å²) in [4.78, 5) is 11.9. The number of nitrogens with one attached hydrogen (secondary N) is 1. The van der Waals surface area contributed by atoms with Crippen molar-refractivity contribution in [3.8, 4) is 0 Å². The second-order valence-corrected chi connectivity index (χ2v) is 6.38. The molecule has 0 aromatic rings. The Kier molecular flexibility index (Phi) is 7.70. The van der Waals surface area contributed by atoms with Gasteiger partial charge < -0.3 is 15.8 Å². The molecule has 0 aliphatic heterocycles. The molecule has 18 heavy (non-hydrogen) atoms. The molecule has 0 saturated heterocycles. The third-order valence-corrected chi connectivity index (χ3v) is 4.64. The third-order valence-electron chi connectivity index (χ3n) is 3.40. The molecule has 5 heteroatoms. The Labute approximate surface area is 114 Å². The summed E-state index contributed by atoms with van der Waals surface area (Å²) in [6.45, 7) is 2.58. The molecule has 0 aromatic carbocycles. The van der Waals surface area contributed by atoms with Crippen LogP contribution in [0.5, 0.6) is 0 Å². The first-order valence-corrected chi connectivity index (χ1v) is 7.88. The van der Waals surface area contributed by atoms with Gasteiger partial charge in [0.25, 0.3) is 0 Å². The Morgan fingerprint density at radius 2 is 2.33 bits per heavy atom. The van der Waals surface area contributed by atoms with Gasteiger partial charge in [0.1, 0.15) is 0 Å². The molecule has 0 spiro atoms. The first-order valence-electron chi connectivity index (χ1n) is 6.83. The number of carbonyl (C=O) groups is 1. The van der Waals surface area contributed by atoms with Crippen LogP contribution in [0.1, 0.15) is 39.0 Å². The van der Waals surface area contributed by atoms with Gasteiger partial charge in [0.2, 0.25) is 5.91 Å². The van der Waals surface area contributed by atoms with Gasteiger partial charge in [0.05, 0.1) is 12.5 Å². The molecule has 3 atom stereocenters. The highest BCUT2D eigenvalue weighted by atomic mass is 32.2. The summed E-state index contributed by atoms with van der Waals surface area (Å²) in [5, 5.41) is 3.83. The molecule has 4 nitrogen and oxygen atoms in total. The van der Waals surface area contributed by atoms with Gasteiger partial charge >= 0.3 is 0 Å². The summed E-state index contributed by atoms with van der Waals surface area (Å²) in [5.74, 6) is 1.23. The van der Waals surface area contributed by atoms with E-state index in [9.17, 15) is 4.79 Å². The lowest BCUT2D eigenvalue weighted by molar-refractivity contribution is -0.124. The zero-order chi connectivity index (χ0) is 13.4. The molecule has 0 heterocycles. The van der Waals surface area contributed by atoms with Crippen LogP contribution in [-0.4, -0.2) is 42.7 Å². The molecular formula is C13H26N2O2S. The highest BCUT2D eigenvalue weighted by Crippen LogP contribution is 2.28. The van der Waals surface area contributed by atoms with Crippen LogP contribution >= 0.6 is 11.8 Å². The number of rotatable bonds is 7. The van der Waals surface area contributed by atoms with Crippen LogP contribution < -0.4 is 11.1 Å². The smallest absolute Gasteiger partial charge is 0.222 e. The molecule has 1 rings (SSSR count). The molecule has 1 fully saturated rings. The van der Waals surface area contributed by atoms with Gasteiger partial charge in [-0.15, -0.1) is 0 Å². The first kappa shape index (κ1) is 15.8. The second-order valence-electron chi connectivity index (χ2n) is 4.81. The Balaban J connectivity index is 2.30. The fourth-order valence-electron chi connectivity index (χ4n) is 2.42. The van der Waals surface area contributed by atoms with Crippen molar-refractivity contribution in [2.45, 2.75) is 56.4 Å². The molecule has 1 saturated carbocycles. The predicted molar refractivity (Wildman–Crippen MR) is 76.8 cm³/mol. The van der Waals surface area contributed by atoms with E-state index in [1.54, 1.807) is 7.11 Å². The Morgan fingerprint density at radius 3 is 2.94 bits per heavy atom. The highest BCUT2D eigenvalue weighted by molar-refractivity contribution is 7.99. The zero-order valence-corrected chi connectivity index (χ0v) is 12.3. The molecule has 3 unspecified atom stereocenters. The molecule has 106 valence electrons. The third kappa shape index (κ3) is 5.59. The maximum absolute atomic E-state index is 11.9. The number of nitrogens with two attached hydrogens (primary N) is 1. The Bertz CT molecular complexity index is 245. The van der Waals surface area contributed by atoms with E-state index in [0.717, 1.165) is 18.6 Å². The van der Waals surface area contributed by atoms with Crippen molar-refractivity contribution in [1.29, 1.82) is 0 Å². The average Bonchev–Trinajstić information content (AvgIpc) is 2.36. The van der Waals surface area contributed by atoms with Crippen molar-refractivity contribution in [2.24, 2.45) is 5.73 Å². The summed E-state index contributed by atoms with van der Waals surface area (Å²) >= 11 is 2.01. The van der Waals surface area contributed by atoms with E-state index in [1.165, 1.54) is 12.8 Å². The van der Waals surface area contributed by atoms with Gasteiger partial charge in [-0.2, -0.15) is 11.8 Å². The van der Waals surface area contributed by atoms with Crippen LogP contribution in [-0.2, 0) is 9.53 Å². The number of hydrogen-bond acceptors (Lipinski definition) is 4. The molecule has 1 amide bonds. The topological polar surface area (TPSA) is 64.4 Å². The van der Waals surface area contributed by atoms with Crippen molar-refractivity contribution in [3.05, 3.63) is 0 Å². The quantitative estimate of drug-likeness (QED) is 0.739. The highest BCUT2D eigenvalue weighted by Gasteiger charge is 2.23. The van der Waals surface area contributed by atoms with Gasteiger partial charge in [0, 0.05) is 24.9 Å². The van der Waals surface area contributed by atoms with E-state index in [2.05, 4.69) is 12.2 Å². The number of methoxy groups -OCH3 is 1. The van der Waals surface area contributed by atoms with Crippen LogP contribution in [0.2, 0.25) is 0 Å². The van der Waals surface area contributed by atoms with E-state index < -0.39 is 0 Å². The molecule has 0 aromatic heterocycles. The summed E-state index contributed by atoms with van der Waals surface area (Å²) in [6.07, 6.45) is 4.92. The standard InChI is InChI=1S/C13H26N2O2S/c1-3-18-12-6-4-5-10(7-12)15-13(16)8-11(9-14)17-2/h10-12H,3-9,14H2,1-2H3,(H,15,16). The summed E-state index contributed by atoms with van der Waals surface area (Å²) in [7, 11) is 1.60. The molecule has 0 radical (unpaired) electrons. The zero-order valence-electron chi connectivity index (χ0n) is 11.5. The lowest BCUT2D eigenvalue weighted by Gasteiger charge is -2.29. The van der Waals surface area contributed by atoms with E-state index in [1.807, 2.05) is 11.8 Å². The van der Waals surface area contributed by atoms with E-state index in [0.29, 0.717) is 24.3 Å². The van der Waals surface area contributed by atoms with Crippen LogP contribution in [0, 0.1) is 0 Å².